The van der Waals surface area contributed by atoms with Gasteiger partial charge in [0.25, 0.3) is 5.91 Å². The van der Waals surface area contributed by atoms with Gasteiger partial charge in [0, 0.05) is 19.6 Å². The Morgan fingerprint density at radius 1 is 1.21 bits per heavy atom. The molecule has 0 radical (unpaired) electrons. The van der Waals surface area contributed by atoms with E-state index in [-0.39, 0.29) is 11.9 Å². The molecule has 0 saturated carbocycles. The van der Waals surface area contributed by atoms with Crippen molar-refractivity contribution in [3.8, 4) is 0 Å². The number of morpholine rings is 1. The molecule has 2 aliphatic heterocycles. The molecule has 7 heteroatoms. The molecule has 1 atom stereocenters. The average Bonchev–Trinajstić information content (AvgIpc) is 2.89. The molecule has 130 valence electrons. The lowest BCUT2D eigenvalue weighted by Gasteiger charge is -2.26. The summed E-state index contributed by atoms with van der Waals surface area (Å²) in [5.74, 6) is 0.693. The molecule has 1 aromatic rings. The quantitative estimate of drug-likeness (QED) is 0.792. The van der Waals surface area contributed by atoms with E-state index in [2.05, 4.69) is 10.2 Å². The van der Waals surface area contributed by atoms with E-state index in [1.807, 2.05) is 30.5 Å². The Morgan fingerprint density at radius 2 is 1.92 bits per heavy atom. The van der Waals surface area contributed by atoms with Crippen LogP contribution in [-0.4, -0.2) is 61.2 Å². The largest absolute Gasteiger partial charge is 0.379 e. The zero-order valence-electron chi connectivity index (χ0n) is 13.9. The highest BCUT2D eigenvalue weighted by Gasteiger charge is 2.38. The second kappa shape index (κ2) is 8.00. The van der Waals surface area contributed by atoms with Crippen LogP contribution in [0.5, 0.6) is 0 Å². The van der Waals surface area contributed by atoms with Gasteiger partial charge < -0.3 is 10.1 Å². The first-order chi connectivity index (χ1) is 11.7. The summed E-state index contributed by atoms with van der Waals surface area (Å²) in [6.07, 6.45) is 2.66. The van der Waals surface area contributed by atoms with Crippen molar-refractivity contribution >= 4 is 29.4 Å². The average molecular weight is 349 g/mol. The van der Waals surface area contributed by atoms with Crippen molar-refractivity contribution in [2.75, 3.05) is 43.2 Å². The molecule has 2 heterocycles. The van der Waals surface area contributed by atoms with Crippen LogP contribution < -0.4 is 10.2 Å². The van der Waals surface area contributed by atoms with Crippen molar-refractivity contribution < 1.29 is 14.3 Å². The standard InChI is InChI=1S/C17H23N3O3S/c1-24-11-6-15-16(21)20(17(22)18-15)14-4-2-13(3-5-14)12-19-7-9-23-10-8-19/h2-5,15H,6-12H2,1H3,(H,18,22)/t15-/m1/s1. The van der Waals surface area contributed by atoms with Crippen LogP contribution in [0.4, 0.5) is 10.5 Å². The van der Waals surface area contributed by atoms with Crippen molar-refractivity contribution in [1.29, 1.82) is 0 Å². The summed E-state index contributed by atoms with van der Waals surface area (Å²) in [6, 6.07) is 6.94. The van der Waals surface area contributed by atoms with Crippen LogP contribution in [0.1, 0.15) is 12.0 Å². The third kappa shape index (κ3) is 3.91. The van der Waals surface area contributed by atoms with Gasteiger partial charge in [0.05, 0.1) is 18.9 Å². The number of imide groups is 1. The van der Waals surface area contributed by atoms with E-state index in [4.69, 9.17) is 4.74 Å². The van der Waals surface area contributed by atoms with E-state index in [1.165, 1.54) is 10.5 Å². The normalized spacial score (nSPS) is 22.0. The number of carbonyl (C=O) groups excluding carboxylic acids is 2. The van der Waals surface area contributed by atoms with Gasteiger partial charge in [-0.15, -0.1) is 0 Å². The van der Waals surface area contributed by atoms with Gasteiger partial charge in [0.1, 0.15) is 6.04 Å². The molecule has 0 spiro atoms. The fraction of sp³-hybridized carbons (Fsp3) is 0.529. The molecule has 2 aliphatic rings. The highest BCUT2D eigenvalue weighted by atomic mass is 32.2. The summed E-state index contributed by atoms with van der Waals surface area (Å²) in [5.41, 5.74) is 1.81. The smallest absolute Gasteiger partial charge is 0.329 e. The highest BCUT2D eigenvalue weighted by Crippen LogP contribution is 2.22. The number of amides is 3. The van der Waals surface area contributed by atoms with Gasteiger partial charge in [0.2, 0.25) is 0 Å². The Labute approximate surface area is 146 Å². The third-order valence-electron chi connectivity index (χ3n) is 4.33. The van der Waals surface area contributed by atoms with Crippen molar-refractivity contribution in [3.63, 3.8) is 0 Å². The maximum atomic E-state index is 12.4. The Balaban J connectivity index is 1.64. The molecule has 24 heavy (non-hydrogen) atoms. The molecular weight excluding hydrogens is 326 g/mol. The van der Waals surface area contributed by atoms with Crippen molar-refractivity contribution in [1.82, 2.24) is 10.2 Å². The minimum Gasteiger partial charge on any atom is -0.379 e. The number of carbonyl (C=O) groups is 2. The number of thioether (sulfide) groups is 1. The van der Waals surface area contributed by atoms with Crippen LogP contribution in [0.25, 0.3) is 0 Å². The molecule has 1 aromatic carbocycles. The fourth-order valence-electron chi connectivity index (χ4n) is 2.98. The summed E-state index contributed by atoms with van der Waals surface area (Å²) < 4.78 is 5.35. The van der Waals surface area contributed by atoms with Gasteiger partial charge in [-0.25, -0.2) is 9.69 Å². The van der Waals surface area contributed by atoms with Crippen molar-refractivity contribution in [2.24, 2.45) is 0 Å². The topological polar surface area (TPSA) is 61.9 Å². The lowest BCUT2D eigenvalue weighted by molar-refractivity contribution is -0.118. The number of anilines is 1. The number of hydrogen-bond donors (Lipinski definition) is 1. The zero-order chi connectivity index (χ0) is 16.9. The minimum absolute atomic E-state index is 0.157. The second-order valence-corrected chi connectivity index (χ2v) is 7.00. The first kappa shape index (κ1) is 17.3. The first-order valence-corrected chi connectivity index (χ1v) is 9.61. The van der Waals surface area contributed by atoms with Crippen molar-refractivity contribution in [3.05, 3.63) is 29.8 Å². The number of rotatable bonds is 6. The maximum Gasteiger partial charge on any atom is 0.329 e. The number of hydrogen-bond acceptors (Lipinski definition) is 5. The van der Waals surface area contributed by atoms with Gasteiger partial charge in [-0.2, -0.15) is 11.8 Å². The molecule has 6 nitrogen and oxygen atoms in total. The number of ether oxygens (including phenoxy) is 1. The Bertz CT molecular complexity index is 587. The maximum absolute atomic E-state index is 12.4. The van der Waals surface area contributed by atoms with Crippen molar-refractivity contribution in [2.45, 2.75) is 19.0 Å². The summed E-state index contributed by atoms with van der Waals surface area (Å²) in [6.45, 7) is 4.29. The highest BCUT2D eigenvalue weighted by molar-refractivity contribution is 7.98. The molecule has 2 saturated heterocycles. The lowest BCUT2D eigenvalue weighted by Crippen LogP contribution is -2.35. The van der Waals surface area contributed by atoms with Gasteiger partial charge in [-0.05, 0) is 36.1 Å². The molecule has 2 fully saturated rings. The van der Waals surface area contributed by atoms with E-state index < -0.39 is 6.04 Å². The molecule has 0 aliphatic carbocycles. The van der Waals surface area contributed by atoms with Crippen LogP contribution in [0.3, 0.4) is 0 Å². The molecule has 3 amide bonds. The van der Waals surface area contributed by atoms with Gasteiger partial charge in [-0.1, -0.05) is 12.1 Å². The predicted octanol–water partition coefficient (Wildman–Crippen LogP) is 1.70. The van der Waals surface area contributed by atoms with Gasteiger partial charge >= 0.3 is 6.03 Å². The Kier molecular flexibility index (Phi) is 5.76. The molecule has 0 aromatic heterocycles. The van der Waals surface area contributed by atoms with Crippen LogP contribution in [0.15, 0.2) is 24.3 Å². The van der Waals surface area contributed by atoms with Crippen LogP contribution in [0.2, 0.25) is 0 Å². The van der Waals surface area contributed by atoms with E-state index in [1.54, 1.807) is 11.8 Å². The fourth-order valence-corrected chi connectivity index (χ4v) is 3.45. The number of nitrogens with one attached hydrogen (secondary N) is 1. The summed E-state index contributed by atoms with van der Waals surface area (Å²) >= 11 is 1.67. The summed E-state index contributed by atoms with van der Waals surface area (Å²) in [5, 5.41) is 2.77. The Morgan fingerprint density at radius 3 is 2.58 bits per heavy atom. The Hall–Kier alpha value is -1.57. The van der Waals surface area contributed by atoms with Gasteiger partial charge in [-0.3, -0.25) is 9.69 Å². The predicted molar refractivity (Wildman–Crippen MR) is 95.3 cm³/mol. The third-order valence-corrected chi connectivity index (χ3v) is 4.98. The van der Waals surface area contributed by atoms with E-state index >= 15 is 0 Å². The molecule has 1 N–H and O–H groups in total. The zero-order valence-corrected chi connectivity index (χ0v) is 14.7. The van der Waals surface area contributed by atoms with Gasteiger partial charge in [0.15, 0.2) is 0 Å². The van der Waals surface area contributed by atoms with Crippen LogP contribution in [0, 0.1) is 0 Å². The second-order valence-electron chi connectivity index (χ2n) is 6.01. The SMILES string of the molecule is CSCC[C@H]1NC(=O)N(c2ccc(CN3CCOCC3)cc2)C1=O. The van der Waals surface area contributed by atoms with E-state index in [0.717, 1.165) is 38.6 Å². The molecule has 0 unspecified atom stereocenters. The molecular formula is C17H23N3O3S. The monoisotopic (exact) mass is 349 g/mol. The number of urea groups is 1. The van der Waals surface area contributed by atoms with Crippen LogP contribution in [-0.2, 0) is 16.1 Å². The molecule has 3 rings (SSSR count). The summed E-state index contributed by atoms with van der Waals surface area (Å²) in [4.78, 5) is 28.2. The number of benzene rings is 1. The van der Waals surface area contributed by atoms with Crippen LogP contribution >= 0.6 is 11.8 Å². The molecule has 0 bridgehead atoms. The van der Waals surface area contributed by atoms with E-state index in [0.29, 0.717) is 12.1 Å². The van der Waals surface area contributed by atoms with E-state index in [9.17, 15) is 9.59 Å². The number of nitrogens with zero attached hydrogens (tertiary/aromatic N) is 2. The lowest BCUT2D eigenvalue weighted by atomic mass is 10.1. The minimum atomic E-state index is -0.405. The summed E-state index contributed by atoms with van der Waals surface area (Å²) in [7, 11) is 0. The first-order valence-electron chi connectivity index (χ1n) is 8.21.